The van der Waals surface area contributed by atoms with Gasteiger partial charge in [-0.3, -0.25) is 0 Å². The van der Waals surface area contributed by atoms with Crippen molar-refractivity contribution in [2.45, 2.75) is 6.54 Å². The van der Waals surface area contributed by atoms with E-state index in [1.54, 1.807) is 42.5 Å². The van der Waals surface area contributed by atoms with Crippen molar-refractivity contribution in [2.75, 3.05) is 5.32 Å². The molecule has 34 heavy (non-hydrogen) atoms. The lowest BCUT2D eigenvalue weighted by Gasteiger charge is -2.12. The van der Waals surface area contributed by atoms with Gasteiger partial charge in [0.25, 0.3) is 0 Å². The molecule has 0 unspecified atom stereocenters. The van der Waals surface area contributed by atoms with Gasteiger partial charge in [-0.1, -0.05) is 23.2 Å². The summed E-state index contributed by atoms with van der Waals surface area (Å²) in [5, 5.41) is 14.5. The van der Waals surface area contributed by atoms with Crippen molar-refractivity contribution in [1.82, 2.24) is 14.5 Å². The van der Waals surface area contributed by atoms with E-state index in [2.05, 4.69) is 15.3 Å². The van der Waals surface area contributed by atoms with Crippen molar-refractivity contribution in [1.29, 1.82) is 0 Å². The number of nitrogens with zero attached hydrogens (tertiary/aromatic N) is 3. The van der Waals surface area contributed by atoms with Crippen molar-refractivity contribution in [2.24, 2.45) is 0 Å². The minimum absolute atomic E-state index is 0.125. The molecule has 3 aromatic carbocycles. The lowest BCUT2D eigenvalue weighted by Crippen LogP contribution is -2.04. The Labute approximate surface area is 203 Å². The van der Waals surface area contributed by atoms with Gasteiger partial charge in [0.15, 0.2) is 0 Å². The number of fused-ring (bicyclic) bond motifs is 1. The van der Waals surface area contributed by atoms with E-state index in [4.69, 9.17) is 23.2 Å². The first-order chi connectivity index (χ1) is 16.4. The summed E-state index contributed by atoms with van der Waals surface area (Å²) in [6, 6.07) is 17.1. The van der Waals surface area contributed by atoms with Crippen LogP contribution in [0, 0.1) is 11.6 Å². The maximum Gasteiger partial charge on any atom is 0.146 e. The molecule has 5 aromatic rings. The maximum absolute atomic E-state index is 13.9. The Morgan fingerprint density at radius 1 is 0.853 bits per heavy atom. The fourth-order valence-corrected chi connectivity index (χ4v) is 4.09. The van der Waals surface area contributed by atoms with E-state index in [0.717, 1.165) is 17.3 Å². The third kappa shape index (κ3) is 4.40. The van der Waals surface area contributed by atoms with E-state index in [1.165, 1.54) is 18.5 Å². The standard InChI is InChI=1S/C25H16Cl2F2N4O/c26-21-6-3-18(10-22(21)27)32-24-20-11-23(15-1-4-19(34)5-2-15)33(25(20)31-13-30-24)12-14-7-16(28)9-17(29)8-14/h1-11,13,34H,12H2,(H,30,31,32). The van der Waals surface area contributed by atoms with Crippen LogP contribution in [0.3, 0.4) is 0 Å². The minimum Gasteiger partial charge on any atom is -0.508 e. The number of aromatic nitrogens is 3. The van der Waals surface area contributed by atoms with Gasteiger partial charge >= 0.3 is 0 Å². The Morgan fingerprint density at radius 3 is 2.29 bits per heavy atom. The Balaban J connectivity index is 1.66. The molecule has 5 rings (SSSR count). The average Bonchev–Trinajstić information content (AvgIpc) is 3.15. The fourth-order valence-electron chi connectivity index (χ4n) is 3.79. The van der Waals surface area contributed by atoms with Crippen LogP contribution in [-0.4, -0.2) is 19.6 Å². The van der Waals surface area contributed by atoms with Crippen LogP contribution in [0.15, 0.2) is 73.1 Å². The topological polar surface area (TPSA) is 63.0 Å². The summed E-state index contributed by atoms with van der Waals surface area (Å²) in [4.78, 5) is 8.83. The predicted octanol–water partition coefficient (Wildman–Crippen LogP) is 7.18. The highest BCUT2D eigenvalue weighted by Gasteiger charge is 2.17. The van der Waals surface area contributed by atoms with Crippen molar-refractivity contribution in [3.63, 3.8) is 0 Å². The van der Waals surface area contributed by atoms with Crippen LogP contribution in [-0.2, 0) is 6.54 Å². The Hall–Kier alpha value is -3.68. The summed E-state index contributed by atoms with van der Waals surface area (Å²) in [6.45, 7) is 0.164. The van der Waals surface area contributed by atoms with E-state index in [9.17, 15) is 13.9 Å². The molecule has 0 saturated heterocycles. The zero-order chi connectivity index (χ0) is 23.8. The summed E-state index contributed by atoms with van der Waals surface area (Å²) in [5.74, 6) is -0.670. The molecule has 2 heterocycles. The second kappa shape index (κ2) is 8.93. The molecule has 0 atom stereocenters. The molecule has 2 N–H and O–H groups in total. The number of aromatic hydroxyl groups is 1. The Morgan fingerprint density at radius 2 is 1.59 bits per heavy atom. The first-order valence-electron chi connectivity index (χ1n) is 10.2. The lowest BCUT2D eigenvalue weighted by molar-refractivity contribution is 0.475. The molecule has 9 heteroatoms. The highest BCUT2D eigenvalue weighted by Crippen LogP contribution is 2.34. The largest absolute Gasteiger partial charge is 0.508 e. The van der Waals surface area contributed by atoms with Gasteiger partial charge in [-0.25, -0.2) is 18.7 Å². The van der Waals surface area contributed by atoms with Crippen molar-refractivity contribution in [3.05, 3.63) is 100 Å². The molecule has 170 valence electrons. The van der Waals surface area contributed by atoms with Crippen LogP contribution in [0.2, 0.25) is 10.0 Å². The summed E-state index contributed by atoms with van der Waals surface area (Å²) >= 11 is 12.2. The summed E-state index contributed by atoms with van der Waals surface area (Å²) < 4.78 is 29.6. The number of hydrogen-bond donors (Lipinski definition) is 2. The van der Waals surface area contributed by atoms with Gasteiger partial charge in [-0.05, 0) is 71.8 Å². The fraction of sp³-hybridized carbons (Fsp3) is 0.0400. The lowest BCUT2D eigenvalue weighted by atomic mass is 10.1. The predicted molar refractivity (Wildman–Crippen MR) is 130 cm³/mol. The number of halogens is 4. The Kier molecular flexibility index (Phi) is 5.81. The normalized spacial score (nSPS) is 11.2. The van der Waals surface area contributed by atoms with Crippen LogP contribution in [0.25, 0.3) is 22.3 Å². The SMILES string of the molecule is Oc1ccc(-c2cc3c(Nc4ccc(Cl)c(Cl)c4)ncnc3n2Cc2cc(F)cc(F)c2)cc1. The molecule has 5 nitrogen and oxygen atoms in total. The van der Waals surface area contributed by atoms with Crippen LogP contribution in [0.1, 0.15) is 5.56 Å². The molecule has 0 radical (unpaired) electrons. The smallest absolute Gasteiger partial charge is 0.146 e. The van der Waals surface area contributed by atoms with Crippen LogP contribution >= 0.6 is 23.2 Å². The number of phenols is 1. The van der Waals surface area contributed by atoms with Gasteiger partial charge in [-0.15, -0.1) is 0 Å². The van der Waals surface area contributed by atoms with Crippen LogP contribution in [0.4, 0.5) is 20.3 Å². The Bertz CT molecular complexity index is 1500. The van der Waals surface area contributed by atoms with E-state index in [1.807, 2.05) is 10.6 Å². The number of benzene rings is 3. The second-order valence-corrected chi connectivity index (χ2v) is 8.47. The van der Waals surface area contributed by atoms with Gasteiger partial charge in [-0.2, -0.15) is 0 Å². The third-order valence-electron chi connectivity index (χ3n) is 5.30. The zero-order valence-electron chi connectivity index (χ0n) is 17.4. The molecule has 0 aliphatic carbocycles. The maximum atomic E-state index is 13.9. The highest BCUT2D eigenvalue weighted by molar-refractivity contribution is 6.42. The van der Waals surface area contributed by atoms with E-state index < -0.39 is 11.6 Å². The molecule has 0 aliphatic rings. The quantitative estimate of drug-likeness (QED) is 0.270. The molecule has 0 spiro atoms. The molecule has 2 aromatic heterocycles. The summed E-state index contributed by atoms with van der Waals surface area (Å²) in [7, 11) is 0. The van der Waals surface area contributed by atoms with Crippen molar-refractivity contribution < 1.29 is 13.9 Å². The number of rotatable bonds is 5. The van der Waals surface area contributed by atoms with Gasteiger partial charge in [0.2, 0.25) is 0 Å². The van der Waals surface area contributed by atoms with Crippen LogP contribution < -0.4 is 5.32 Å². The average molecular weight is 497 g/mol. The number of anilines is 2. The molecular formula is C25H16Cl2F2N4O. The highest BCUT2D eigenvalue weighted by atomic mass is 35.5. The first-order valence-corrected chi connectivity index (χ1v) is 10.9. The molecular weight excluding hydrogens is 481 g/mol. The molecule has 0 aliphatic heterocycles. The van der Waals surface area contributed by atoms with Gasteiger partial charge in [0.1, 0.15) is 35.2 Å². The summed E-state index contributed by atoms with van der Waals surface area (Å²) in [6.07, 6.45) is 1.41. The molecule has 0 fully saturated rings. The number of phenolic OH excluding ortho intramolecular Hbond substituents is 1. The molecule has 0 amide bonds. The van der Waals surface area contributed by atoms with Gasteiger partial charge < -0.3 is 15.0 Å². The van der Waals surface area contributed by atoms with E-state index in [-0.39, 0.29) is 12.3 Å². The van der Waals surface area contributed by atoms with Crippen molar-refractivity contribution in [3.8, 4) is 17.0 Å². The van der Waals surface area contributed by atoms with E-state index >= 15 is 0 Å². The monoisotopic (exact) mass is 496 g/mol. The summed E-state index contributed by atoms with van der Waals surface area (Å²) in [5.41, 5.74) is 3.20. The molecule has 0 bridgehead atoms. The number of nitrogens with one attached hydrogen (secondary N) is 1. The zero-order valence-corrected chi connectivity index (χ0v) is 18.9. The third-order valence-corrected chi connectivity index (χ3v) is 6.04. The second-order valence-electron chi connectivity index (χ2n) is 7.65. The molecule has 0 saturated carbocycles. The minimum atomic E-state index is -0.658. The van der Waals surface area contributed by atoms with Crippen molar-refractivity contribution >= 4 is 45.7 Å². The van der Waals surface area contributed by atoms with Gasteiger partial charge in [0.05, 0.1) is 21.1 Å². The van der Waals surface area contributed by atoms with E-state index in [0.29, 0.717) is 38.1 Å². The number of hydrogen-bond acceptors (Lipinski definition) is 4. The first kappa shape index (κ1) is 22.1. The van der Waals surface area contributed by atoms with Crippen LogP contribution in [0.5, 0.6) is 5.75 Å². The van der Waals surface area contributed by atoms with Gasteiger partial charge in [0, 0.05) is 18.3 Å².